The molecule has 1 aromatic rings. The van der Waals surface area contributed by atoms with Gasteiger partial charge in [0.15, 0.2) is 0 Å². The number of hydrogen-bond acceptors (Lipinski definition) is 2. The van der Waals surface area contributed by atoms with E-state index >= 15 is 0 Å². The molecular weight excluding hydrogens is 214 g/mol. The van der Waals surface area contributed by atoms with Crippen molar-refractivity contribution < 1.29 is 4.79 Å². The number of amides is 1. The molecule has 0 spiro atoms. The van der Waals surface area contributed by atoms with Gasteiger partial charge in [0.05, 0.1) is 12.2 Å². The van der Waals surface area contributed by atoms with Crippen LogP contribution in [0.25, 0.3) is 0 Å². The highest BCUT2D eigenvalue weighted by Gasteiger charge is 2.39. The molecule has 0 saturated heterocycles. The van der Waals surface area contributed by atoms with Gasteiger partial charge in [-0.3, -0.25) is 4.79 Å². The van der Waals surface area contributed by atoms with Crippen LogP contribution in [-0.2, 0) is 4.79 Å². The largest absolute Gasteiger partial charge is 0.311 e. The third-order valence-corrected chi connectivity index (χ3v) is 4.06. The Labute approximate surface area is 101 Å². The summed E-state index contributed by atoms with van der Waals surface area (Å²) in [6, 6.07) is 2.29. The van der Waals surface area contributed by atoms with Crippen molar-refractivity contribution in [3.8, 4) is 0 Å². The molecule has 1 aromatic heterocycles. The Bertz CT molecular complexity index is 436. The minimum absolute atomic E-state index is 0.155. The molecule has 1 N–H and O–H groups in total. The van der Waals surface area contributed by atoms with Crippen LogP contribution in [0.1, 0.15) is 39.2 Å². The van der Waals surface area contributed by atoms with Crippen LogP contribution >= 0.6 is 0 Å². The van der Waals surface area contributed by atoms with E-state index in [0.29, 0.717) is 12.0 Å². The molecule has 3 rings (SSSR count). The van der Waals surface area contributed by atoms with Gasteiger partial charge in [-0.15, -0.1) is 0 Å². The lowest BCUT2D eigenvalue weighted by Gasteiger charge is -2.15. The fourth-order valence-electron chi connectivity index (χ4n) is 2.42. The predicted octanol–water partition coefficient (Wildman–Crippen LogP) is 2.45. The van der Waals surface area contributed by atoms with Gasteiger partial charge in [-0.2, -0.15) is 5.10 Å². The summed E-state index contributed by atoms with van der Waals surface area (Å²) in [7, 11) is 0. The fourth-order valence-corrected chi connectivity index (χ4v) is 2.42. The van der Waals surface area contributed by atoms with Crippen molar-refractivity contribution in [3.63, 3.8) is 0 Å². The summed E-state index contributed by atoms with van der Waals surface area (Å²) in [4.78, 5) is 11.9. The van der Waals surface area contributed by atoms with Gasteiger partial charge in [-0.25, -0.2) is 4.68 Å². The van der Waals surface area contributed by atoms with Gasteiger partial charge in [0, 0.05) is 12.0 Å². The summed E-state index contributed by atoms with van der Waals surface area (Å²) in [5, 5.41) is 7.34. The summed E-state index contributed by atoms with van der Waals surface area (Å²) in [5.41, 5.74) is 0. The molecule has 1 heterocycles. The first-order valence-electron chi connectivity index (χ1n) is 6.51. The third kappa shape index (κ3) is 2.08. The van der Waals surface area contributed by atoms with Crippen molar-refractivity contribution in [3.05, 3.63) is 12.3 Å². The first-order valence-corrected chi connectivity index (χ1v) is 6.51. The summed E-state index contributed by atoms with van der Waals surface area (Å²) in [5.74, 6) is 2.52. The van der Waals surface area contributed by atoms with E-state index in [1.807, 2.05) is 10.7 Å². The molecule has 0 aromatic carbocycles. The maximum atomic E-state index is 11.9. The smallest absolute Gasteiger partial charge is 0.228 e. The molecule has 4 heteroatoms. The number of anilines is 1. The Morgan fingerprint density at radius 3 is 2.88 bits per heavy atom. The molecular formula is C13H19N3O. The van der Waals surface area contributed by atoms with E-state index < -0.39 is 0 Å². The molecule has 3 unspecified atom stereocenters. The Morgan fingerprint density at radius 2 is 2.29 bits per heavy atom. The van der Waals surface area contributed by atoms with Crippen LogP contribution in [0, 0.1) is 17.8 Å². The second-order valence-electron chi connectivity index (χ2n) is 5.55. The van der Waals surface area contributed by atoms with Gasteiger partial charge in [0.25, 0.3) is 0 Å². The van der Waals surface area contributed by atoms with E-state index in [4.69, 9.17) is 0 Å². The van der Waals surface area contributed by atoms with Crippen molar-refractivity contribution in [2.75, 3.05) is 5.32 Å². The van der Waals surface area contributed by atoms with Crippen molar-refractivity contribution in [1.29, 1.82) is 0 Å². The molecule has 0 aliphatic heterocycles. The highest BCUT2D eigenvalue weighted by Crippen LogP contribution is 2.41. The molecule has 2 aliphatic rings. The van der Waals surface area contributed by atoms with Gasteiger partial charge >= 0.3 is 0 Å². The van der Waals surface area contributed by atoms with Crippen molar-refractivity contribution in [2.24, 2.45) is 17.8 Å². The number of nitrogens with one attached hydrogen (secondary N) is 1. The normalized spacial score (nSPS) is 28.8. The molecule has 2 aliphatic carbocycles. The van der Waals surface area contributed by atoms with Gasteiger partial charge in [0.2, 0.25) is 5.91 Å². The van der Waals surface area contributed by atoms with Crippen molar-refractivity contribution >= 4 is 11.7 Å². The molecule has 92 valence electrons. The minimum atomic E-state index is 0.155. The van der Waals surface area contributed by atoms with Crippen LogP contribution in [0.2, 0.25) is 0 Å². The topological polar surface area (TPSA) is 46.9 Å². The summed E-state index contributed by atoms with van der Waals surface area (Å²) >= 11 is 0. The Balaban J connectivity index is 1.70. The average Bonchev–Trinajstić information content (AvgIpc) is 3.19. The summed E-state index contributed by atoms with van der Waals surface area (Å²) in [6.45, 7) is 4.30. The second kappa shape index (κ2) is 3.86. The lowest BCUT2D eigenvalue weighted by atomic mass is 10.2. The van der Waals surface area contributed by atoms with E-state index in [0.717, 1.165) is 18.2 Å². The van der Waals surface area contributed by atoms with Crippen LogP contribution < -0.4 is 5.32 Å². The highest BCUT2D eigenvalue weighted by molar-refractivity contribution is 5.93. The number of aromatic nitrogens is 2. The molecule has 3 atom stereocenters. The summed E-state index contributed by atoms with van der Waals surface area (Å²) < 4.78 is 1.96. The molecule has 4 nitrogen and oxygen atoms in total. The second-order valence-corrected chi connectivity index (χ2v) is 5.55. The zero-order chi connectivity index (χ0) is 12.0. The maximum absolute atomic E-state index is 11.9. The van der Waals surface area contributed by atoms with Crippen LogP contribution in [0.15, 0.2) is 12.3 Å². The zero-order valence-corrected chi connectivity index (χ0v) is 10.4. The third-order valence-electron chi connectivity index (χ3n) is 4.06. The number of rotatable bonds is 4. The lowest BCUT2D eigenvalue weighted by Crippen LogP contribution is -2.19. The predicted molar refractivity (Wildman–Crippen MR) is 65.6 cm³/mol. The minimum Gasteiger partial charge on any atom is -0.311 e. The van der Waals surface area contributed by atoms with Crippen LogP contribution in [0.5, 0.6) is 0 Å². The zero-order valence-electron chi connectivity index (χ0n) is 10.4. The fraction of sp³-hybridized carbons (Fsp3) is 0.692. The Hall–Kier alpha value is -1.32. The Kier molecular flexibility index (Phi) is 2.45. The molecule has 0 radical (unpaired) electrons. The maximum Gasteiger partial charge on any atom is 0.228 e. The van der Waals surface area contributed by atoms with Crippen molar-refractivity contribution in [2.45, 2.75) is 39.2 Å². The van der Waals surface area contributed by atoms with Gasteiger partial charge in [-0.1, -0.05) is 6.92 Å². The SMILES string of the molecule is CC1CC1C(=O)Nc1ccnn1C(C)C1CC1. The molecule has 17 heavy (non-hydrogen) atoms. The Morgan fingerprint density at radius 1 is 1.59 bits per heavy atom. The van der Waals surface area contributed by atoms with Gasteiger partial charge < -0.3 is 5.32 Å². The molecule has 2 saturated carbocycles. The molecule has 0 bridgehead atoms. The van der Waals surface area contributed by atoms with E-state index in [1.54, 1.807) is 6.20 Å². The van der Waals surface area contributed by atoms with E-state index in [1.165, 1.54) is 12.8 Å². The van der Waals surface area contributed by atoms with Crippen molar-refractivity contribution in [1.82, 2.24) is 9.78 Å². The lowest BCUT2D eigenvalue weighted by molar-refractivity contribution is -0.117. The van der Waals surface area contributed by atoms with E-state index in [-0.39, 0.29) is 11.8 Å². The van der Waals surface area contributed by atoms with Gasteiger partial charge in [0.1, 0.15) is 5.82 Å². The van der Waals surface area contributed by atoms with Crippen LogP contribution in [0.4, 0.5) is 5.82 Å². The van der Waals surface area contributed by atoms with E-state index in [2.05, 4.69) is 24.3 Å². The standard InChI is InChI=1S/C13H19N3O/c1-8-7-11(8)13(17)15-12-5-6-14-16(12)9(2)10-3-4-10/h5-6,8-11H,3-4,7H2,1-2H3,(H,15,17). The molecule has 2 fully saturated rings. The first-order chi connectivity index (χ1) is 8.16. The first kappa shape index (κ1) is 10.8. The van der Waals surface area contributed by atoms with Crippen LogP contribution in [0.3, 0.4) is 0 Å². The number of carbonyl (C=O) groups is 1. The summed E-state index contributed by atoms with van der Waals surface area (Å²) in [6.07, 6.45) is 5.37. The number of hydrogen-bond donors (Lipinski definition) is 1. The monoisotopic (exact) mass is 233 g/mol. The van der Waals surface area contributed by atoms with Gasteiger partial charge in [-0.05, 0) is 38.0 Å². The molecule has 1 amide bonds. The number of carbonyl (C=O) groups excluding carboxylic acids is 1. The number of nitrogens with zero attached hydrogens (tertiary/aromatic N) is 2. The quantitative estimate of drug-likeness (QED) is 0.868. The highest BCUT2D eigenvalue weighted by atomic mass is 16.2. The van der Waals surface area contributed by atoms with Crippen LogP contribution in [-0.4, -0.2) is 15.7 Å². The average molecular weight is 233 g/mol. The van der Waals surface area contributed by atoms with E-state index in [9.17, 15) is 4.79 Å².